The maximum Gasteiger partial charge on any atom is 0.129 e. The Labute approximate surface area is 127 Å². The van der Waals surface area contributed by atoms with Crippen molar-refractivity contribution < 1.29 is 4.39 Å². The van der Waals surface area contributed by atoms with Gasteiger partial charge in [-0.25, -0.2) is 4.39 Å². The fraction of sp³-hybridized carbons (Fsp3) is 0.333. The van der Waals surface area contributed by atoms with E-state index in [2.05, 4.69) is 10.00 Å². The molecule has 3 rings (SSSR count). The molecular weight excluding hydrogens is 291 g/mol. The van der Waals surface area contributed by atoms with Gasteiger partial charge in [-0.15, -0.1) is 0 Å². The molecule has 6 heteroatoms. The van der Waals surface area contributed by atoms with Gasteiger partial charge < -0.3 is 0 Å². The third kappa shape index (κ3) is 3.23. The summed E-state index contributed by atoms with van der Waals surface area (Å²) in [6.07, 6.45) is 3.44. The first-order chi connectivity index (χ1) is 10.1. The molecule has 0 saturated carbocycles. The van der Waals surface area contributed by atoms with E-state index >= 15 is 0 Å². The molecule has 0 atom stereocenters. The van der Waals surface area contributed by atoms with Gasteiger partial charge in [-0.05, 0) is 12.1 Å². The van der Waals surface area contributed by atoms with Crippen molar-refractivity contribution in [3.63, 3.8) is 0 Å². The minimum Gasteiger partial charge on any atom is -0.298 e. The minimum atomic E-state index is -0.309. The molecule has 0 amide bonds. The Balaban J connectivity index is 1.52. The highest BCUT2D eigenvalue weighted by Crippen LogP contribution is 2.22. The maximum absolute atomic E-state index is 13.8. The van der Waals surface area contributed by atoms with Crippen LogP contribution in [-0.4, -0.2) is 27.8 Å². The van der Waals surface area contributed by atoms with Crippen molar-refractivity contribution in [3.8, 4) is 6.07 Å². The van der Waals surface area contributed by atoms with Crippen molar-refractivity contribution in [2.24, 2.45) is 5.92 Å². The van der Waals surface area contributed by atoms with Crippen molar-refractivity contribution in [2.45, 2.75) is 13.1 Å². The lowest BCUT2D eigenvalue weighted by Gasteiger charge is -2.39. The molecule has 0 spiro atoms. The summed E-state index contributed by atoms with van der Waals surface area (Å²) in [7, 11) is 0. The zero-order valence-electron chi connectivity index (χ0n) is 11.3. The number of aromatic nitrogens is 2. The van der Waals surface area contributed by atoms with E-state index in [0.717, 1.165) is 19.6 Å². The first-order valence-electron chi connectivity index (χ1n) is 6.73. The molecule has 21 heavy (non-hydrogen) atoms. The van der Waals surface area contributed by atoms with E-state index in [-0.39, 0.29) is 5.82 Å². The Hall–Kier alpha value is -1.90. The summed E-state index contributed by atoms with van der Waals surface area (Å²) in [5.41, 5.74) is 0.989. The van der Waals surface area contributed by atoms with Crippen molar-refractivity contribution in [1.29, 1.82) is 5.26 Å². The van der Waals surface area contributed by atoms with Gasteiger partial charge in [0, 0.05) is 43.9 Å². The Bertz CT molecular complexity index is 685. The zero-order chi connectivity index (χ0) is 14.8. The van der Waals surface area contributed by atoms with Gasteiger partial charge in [0.05, 0.1) is 22.9 Å². The van der Waals surface area contributed by atoms with E-state index in [1.165, 1.54) is 6.07 Å². The van der Waals surface area contributed by atoms with Crippen LogP contribution in [0.3, 0.4) is 0 Å². The van der Waals surface area contributed by atoms with Gasteiger partial charge in [-0.1, -0.05) is 17.7 Å². The normalized spacial score (nSPS) is 15.7. The summed E-state index contributed by atoms with van der Waals surface area (Å²) in [6, 6.07) is 6.57. The number of nitriles is 1. The quantitative estimate of drug-likeness (QED) is 0.872. The summed E-state index contributed by atoms with van der Waals surface area (Å²) in [6.45, 7) is 3.24. The van der Waals surface area contributed by atoms with Crippen molar-refractivity contribution in [3.05, 3.63) is 52.6 Å². The summed E-state index contributed by atoms with van der Waals surface area (Å²) in [5, 5.41) is 13.5. The highest BCUT2D eigenvalue weighted by Gasteiger charge is 2.27. The van der Waals surface area contributed by atoms with Crippen LogP contribution in [-0.2, 0) is 13.1 Å². The van der Waals surface area contributed by atoms with Crippen LogP contribution in [0.5, 0.6) is 0 Å². The summed E-state index contributed by atoms with van der Waals surface area (Å²) >= 11 is 5.82. The minimum absolute atomic E-state index is 0.309. The average molecular weight is 305 g/mol. The Kier molecular flexibility index (Phi) is 3.91. The maximum atomic E-state index is 13.8. The molecule has 0 bridgehead atoms. The summed E-state index contributed by atoms with van der Waals surface area (Å²) in [5.74, 6) is 0.207. The molecule has 1 aromatic heterocycles. The molecule has 1 aromatic carbocycles. The van der Waals surface area contributed by atoms with Gasteiger partial charge in [0.1, 0.15) is 5.82 Å². The molecule has 0 unspecified atom stereocenters. The van der Waals surface area contributed by atoms with Gasteiger partial charge in [0.2, 0.25) is 0 Å². The van der Waals surface area contributed by atoms with Crippen molar-refractivity contribution in [2.75, 3.05) is 13.1 Å². The molecule has 2 aromatic rings. The standard InChI is InChI=1S/C15H14ClFN4/c16-14-5-19-21(10-14)8-12-6-20(7-12)9-13-2-1-11(4-18)3-15(13)17/h1-3,5,10,12H,6-9H2. The molecular formula is C15H14ClFN4. The van der Waals surface area contributed by atoms with Crippen LogP contribution in [0.25, 0.3) is 0 Å². The molecule has 108 valence electrons. The first-order valence-corrected chi connectivity index (χ1v) is 7.10. The van der Waals surface area contributed by atoms with Gasteiger partial charge in [0.25, 0.3) is 0 Å². The highest BCUT2D eigenvalue weighted by molar-refractivity contribution is 6.30. The van der Waals surface area contributed by atoms with Crippen LogP contribution in [0.1, 0.15) is 11.1 Å². The molecule has 1 fully saturated rings. The highest BCUT2D eigenvalue weighted by atomic mass is 35.5. The number of rotatable bonds is 4. The van der Waals surface area contributed by atoms with Gasteiger partial charge in [0.15, 0.2) is 0 Å². The van der Waals surface area contributed by atoms with Crippen LogP contribution < -0.4 is 0 Å². The third-order valence-electron chi connectivity index (χ3n) is 3.66. The average Bonchev–Trinajstić information content (AvgIpc) is 2.83. The van der Waals surface area contributed by atoms with E-state index < -0.39 is 0 Å². The smallest absolute Gasteiger partial charge is 0.129 e. The second kappa shape index (κ2) is 5.84. The zero-order valence-corrected chi connectivity index (χ0v) is 12.1. The summed E-state index contributed by atoms with van der Waals surface area (Å²) < 4.78 is 15.6. The topological polar surface area (TPSA) is 44.9 Å². The second-order valence-corrected chi connectivity index (χ2v) is 5.80. The number of nitrogens with zero attached hydrogens (tertiary/aromatic N) is 4. The molecule has 0 N–H and O–H groups in total. The van der Waals surface area contributed by atoms with Crippen molar-refractivity contribution >= 4 is 11.6 Å². The Morgan fingerprint density at radius 2 is 2.24 bits per heavy atom. The lowest BCUT2D eigenvalue weighted by atomic mass is 9.99. The lowest BCUT2D eigenvalue weighted by molar-refractivity contribution is 0.0766. The van der Waals surface area contributed by atoms with Crippen LogP contribution >= 0.6 is 11.6 Å². The second-order valence-electron chi connectivity index (χ2n) is 5.36. The van der Waals surface area contributed by atoms with E-state index in [0.29, 0.717) is 28.6 Å². The lowest BCUT2D eigenvalue weighted by Crippen LogP contribution is -2.47. The van der Waals surface area contributed by atoms with Gasteiger partial charge in [-0.3, -0.25) is 9.58 Å². The molecule has 1 aliphatic heterocycles. The van der Waals surface area contributed by atoms with Crippen LogP contribution in [0.4, 0.5) is 4.39 Å². The third-order valence-corrected chi connectivity index (χ3v) is 3.85. The SMILES string of the molecule is N#Cc1ccc(CN2CC(Cn3cc(Cl)cn3)C2)c(F)c1. The van der Waals surface area contributed by atoms with E-state index in [9.17, 15) is 4.39 Å². The van der Waals surface area contributed by atoms with Crippen LogP contribution in [0, 0.1) is 23.1 Å². The van der Waals surface area contributed by atoms with Crippen LogP contribution in [0.2, 0.25) is 5.02 Å². The molecule has 1 saturated heterocycles. The van der Waals surface area contributed by atoms with Gasteiger partial charge in [-0.2, -0.15) is 10.4 Å². The molecule has 1 aliphatic rings. The largest absolute Gasteiger partial charge is 0.298 e. The number of hydrogen-bond donors (Lipinski definition) is 0. The van der Waals surface area contributed by atoms with E-state index in [1.54, 1.807) is 18.3 Å². The number of hydrogen-bond acceptors (Lipinski definition) is 3. The van der Waals surface area contributed by atoms with Gasteiger partial charge >= 0.3 is 0 Å². The Morgan fingerprint density at radius 3 is 2.86 bits per heavy atom. The molecule has 0 radical (unpaired) electrons. The fourth-order valence-corrected chi connectivity index (χ4v) is 2.77. The molecule has 0 aliphatic carbocycles. The fourth-order valence-electron chi connectivity index (χ4n) is 2.61. The number of halogens is 2. The Morgan fingerprint density at radius 1 is 1.43 bits per heavy atom. The van der Waals surface area contributed by atoms with E-state index in [1.807, 2.05) is 16.9 Å². The predicted octanol–water partition coefficient (Wildman–Crippen LogP) is 2.68. The first kappa shape index (κ1) is 14.1. The summed E-state index contributed by atoms with van der Waals surface area (Å²) in [4.78, 5) is 2.18. The van der Waals surface area contributed by atoms with Crippen LogP contribution in [0.15, 0.2) is 30.6 Å². The number of likely N-dealkylation sites (tertiary alicyclic amines) is 1. The monoisotopic (exact) mass is 304 g/mol. The molecule has 2 heterocycles. The van der Waals surface area contributed by atoms with E-state index in [4.69, 9.17) is 16.9 Å². The predicted molar refractivity (Wildman–Crippen MR) is 77.1 cm³/mol. The van der Waals surface area contributed by atoms with Crippen molar-refractivity contribution in [1.82, 2.24) is 14.7 Å². The molecule has 4 nitrogen and oxygen atoms in total. The number of benzene rings is 1.